The zero-order valence-electron chi connectivity index (χ0n) is 9.99. The third kappa shape index (κ3) is 2.39. The minimum Gasteiger partial charge on any atom is -0.496 e. The van der Waals surface area contributed by atoms with Crippen LogP contribution in [0.15, 0.2) is 24.4 Å². The van der Waals surface area contributed by atoms with Crippen LogP contribution in [0.2, 0.25) is 5.28 Å². The third-order valence-corrected chi connectivity index (χ3v) is 2.77. The number of aromatic nitrogens is 2. The van der Waals surface area contributed by atoms with Crippen molar-refractivity contribution in [3.8, 4) is 17.0 Å². The van der Waals surface area contributed by atoms with Crippen molar-refractivity contribution in [3.05, 3.63) is 40.8 Å². The first-order valence-corrected chi connectivity index (χ1v) is 5.64. The molecule has 0 saturated heterocycles. The molecular weight excluding hydrogens is 236 g/mol. The van der Waals surface area contributed by atoms with Gasteiger partial charge in [0.1, 0.15) is 5.75 Å². The quantitative estimate of drug-likeness (QED) is 0.764. The molecule has 0 aliphatic rings. The van der Waals surface area contributed by atoms with Crippen LogP contribution < -0.4 is 4.74 Å². The van der Waals surface area contributed by atoms with Gasteiger partial charge in [-0.05, 0) is 54.8 Å². The van der Waals surface area contributed by atoms with E-state index in [2.05, 4.69) is 9.97 Å². The average molecular weight is 249 g/mol. The molecule has 0 bridgehead atoms. The molecule has 4 heteroatoms. The van der Waals surface area contributed by atoms with E-state index < -0.39 is 0 Å². The first kappa shape index (κ1) is 11.9. The maximum Gasteiger partial charge on any atom is 0.222 e. The van der Waals surface area contributed by atoms with Crippen LogP contribution in [0, 0.1) is 13.8 Å². The molecule has 0 unspecified atom stereocenters. The minimum atomic E-state index is 0.258. The smallest absolute Gasteiger partial charge is 0.222 e. The van der Waals surface area contributed by atoms with Gasteiger partial charge < -0.3 is 4.74 Å². The van der Waals surface area contributed by atoms with Gasteiger partial charge in [0.15, 0.2) is 0 Å². The van der Waals surface area contributed by atoms with E-state index in [0.29, 0.717) is 0 Å². The predicted octanol–water partition coefficient (Wildman–Crippen LogP) is 3.42. The number of ether oxygens (including phenoxy) is 1. The SMILES string of the molecule is COc1c(C)cc(-c2ccnc(Cl)n2)cc1C. The number of methoxy groups -OCH3 is 1. The largest absolute Gasteiger partial charge is 0.496 e. The molecule has 0 spiro atoms. The highest BCUT2D eigenvalue weighted by molar-refractivity contribution is 6.28. The lowest BCUT2D eigenvalue weighted by Crippen LogP contribution is -1.93. The number of aryl methyl sites for hydroxylation is 2. The lowest BCUT2D eigenvalue weighted by atomic mass is 10.0. The molecule has 2 aromatic rings. The average Bonchev–Trinajstić information content (AvgIpc) is 2.28. The number of benzene rings is 1. The summed E-state index contributed by atoms with van der Waals surface area (Å²) in [7, 11) is 1.68. The Labute approximate surface area is 105 Å². The van der Waals surface area contributed by atoms with Crippen molar-refractivity contribution >= 4 is 11.6 Å². The van der Waals surface area contributed by atoms with E-state index in [1.165, 1.54) is 0 Å². The highest BCUT2D eigenvalue weighted by Gasteiger charge is 2.08. The summed E-state index contributed by atoms with van der Waals surface area (Å²) in [5.74, 6) is 0.911. The molecule has 3 nitrogen and oxygen atoms in total. The Kier molecular flexibility index (Phi) is 3.29. The van der Waals surface area contributed by atoms with Crippen LogP contribution in [0.25, 0.3) is 11.3 Å². The first-order valence-electron chi connectivity index (χ1n) is 5.26. The first-order chi connectivity index (χ1) is 8.11. The molecule has 0 aliphatic heterocycles. The summed E-state index contributed by atoms with van der Waals surface area (Å²) in [6.07, 6.45) is 1.65. The van der Waals surface area contributed by atoms with Gasteiger partial charge in [-0.3, -0.25) is 0 Å². The summed E-state index contributed by atoms with van der Waals surface area (Å²) in [4.78, 5) is 8.07. The Balaban J connectivity index is 2.54. The fraction of sp³-hybridized carbons (Fsp3) is 0.231. The number of hydrogen-bond donors (Lipinski definition) is 0. The predicted molar refractivity (Wildman–Crippen MR) is 68.5 cm³/mol. The Hall–Kier alpha value is -1.61. The molecule has 0 radical (unpaired) electrons. The fourth-order valence-corrected chi connectivity index (χ4v) is 2.06. The molecule has 2 rings (SSSR count). The zero-order valence-corrected chi connectivity index (χ0v) is 10.7. The fourth-order valence-electron chi connectivity index (χ4n) is 1.92. The van der Waals surface area contributed by atoms with Gasteiger partial charge in [0, 0.05) is 11.8 Å². The third-order valence-electron chi connectivity index (χ3n) is 2.59. The Morgan fingerprint density at radius 1 is 1.18 bits per heavy atom. The van der Waals surface area contributed by atoms with Crippen molar-refractivity contribution in [2.45, 2.75) is 13.8 Å². The molecule has 0 saturated carbocycles. The van der Waals surface area contributed by atoms with E-state index >= 15 is 0 Å². The van der Waals surface area contributed by atoms with Crippen LogP contribution in [0.3, 0.4) is 0 Å². The van der Waals surface area contributed by atoms with Crippen LogP contribution >= 0.6 is 11.6 Å². The summed E-state index contributed by atoms with van der Waals surface area (Å²) in [6, 6.07) is 5.90. The van der Waals surface area contributed by atoms with Crippen molar-refractivity contribution < 1.29 is 4.74 Å². The summed E-state index contributed by atoms with van der Waals surface area (Å²) >= 11 is 5.79. The molecule has 1 heterocycles. The second-order valence-corrected chi connectivity index (χ2v) is 4.19. The van der Waals surface area contributed by atoms with E-state index in [4.69, 9.17) is 16.3 Å². The van der Waals surface area contributed by atoms with Gasteiger partial charge in [-0.1, -0.05) is 0 Å². The molecule has 0 fully saturated rings. The monoisotopic (exact) mass is 248 g/mol. The van der Waals surface area contributed by atoms with E-state index in [9.17, 15) is 0 Å². The highest BCUT2D eigenvalue weighted by Crippen LogP contribution is 2.29. The lowest BCUT2D eigenvalue weighted by Gasteiger charge is -2.10. The standard InChI is InChI=1S/C13H13ClN2O/c1-8-6-10(7-9(2)12(8)17-3)11-4-5-15-13(14)16-11/h4-7H,1-3H3. The summed E-state index contributed by atoms with van der Waals surface area (Å²) in [5.41, 5.74) is 4.00. The minimum absolute atomic E-state index is 0.258. The zero-order chi connectivity index (χ0) is 12.4. The normalized spacial score (nSPS) is 10.4. The summed E-state index contributed by atoms with van der Waals surface area (Å²) in [5, 5.41) is 0.258. The Bertz CT molecular complexity index is 532. The topological polar surface area (TPSA) is 35.0 Å². The molecule has 0 atom stereocenters. The van der Waals surface area contributed by atoms with Crippen molar-refractivity contribution in [1.29, 1.82) is 0 Å². The molecule has 0 amide bonds. The number of halogens is 1. The van der Waals surface area contributed by atoms with Crippen molar-refractivity contribution in [2.24, 2.45) is 0 Å². The number of nitrogens with zero attached hydrogens (tertiary/aromatic N) is 2. The molecule has 1 aromatic heterocycles. The lowest BCUT2D eigenvalue weighted by molar-refractivity contribution is 0.408. The van der Waals surface area contributed by atoms with Gasteiger partial charge in [0.2, 0.25) is 5.28 Å². The molecule has 88 valence electrons. The second-order valence-electron chi connectivity index (χ2n) is 3.85. The highest BCUT2D eigenvalue weighted by atomic mass is 35.5. The van der Waals surface area contributed by atoms with Gasteiger partial charge in [-0.25, -0.2) is 9.97 Å². The van der Waals surface area contributed by atoms with E-state index in [1.807, 2.05) is 32.0 Å². The van der Waals surface area contributed by atoms with Crippen LogP contribution in [0.5, 0.6) is 5.75 Å². The van der Waals surface area contributed by atoms with Crippen molar-refractivity contribution in [1.82, 2.24) is 9.97 Å². The Morgan fingerprint density at radius 3 is 2.35 bits per heavy atom. The van der Waals surface area contributed by atoms with Crippen molar-refractivity contribution in [2.75, 3.05) is 7.11 Å². The van der Waals surface area contributed by atoms with Crippen LogP contribution in [-0.2, 0) is 0 Å². The van der Waals surface area contributed by atoms with Gasteiger partial charge in [0.25, 0.3) is 0 Å². The molecule has 0 aliphatic carbocycles. The van der Waals surface area contributed by atoms with Gasteiger partial charge in [-0.2, -0.15) is 0 Å². The maximum absolute atomic E-state index is 5.79. The van der Waals surface area contributed by atoms with Crippen LogP contribution in [0.4, 0.5) is 0 Å². The number of rotatable bonds is 2. The van der Waals surface area contributed by atoms with Gasteiger partial charge >= 0.3 is 0 Å². The second kappa shape index (κ2) is 4.72. The molecule has 17 heavy (non-hydrogen) atoms. The van der Waals surface area contributed by atoms with E-state index in [-0.39, 0.29) is 5.28 Å². The molecule has 1 aromatic carbocycles. The number of hydrogen-bond acceptors (Lipinski definition) is 3. The maximum atomic E-state index is 5.79. The molecular formula is C13H13ClN2O. The van der Waals surface area contributed by atoms with E-state index in [1.54, 1.807) is 13.3 Å². The van der Waals surface area contributed by atoms with Crippen LogP contribution in [0.1, 0.15) is 11.1 Å². The van der Waals surface area contributed by atoms with Gasteiger partial charge in [-0.15, -0.1) is 0 Å². The Morgan fingerprint density at radius 2 is 1.82 bits per heavy atom. The van der Waals surface area contributed by atoms with E-state index in [0.717, 1.165) is 28.1 Å². The van der Waals surface area contributed by atoms with Crippen molar-refractivity contribution in [3.63, 3.8) is 0 Å². The summed E-state index contributed by atoms with van der Waals surface area (Å²) < 4.78 is 5.33. The molecule has 0 N–H and O–H groups in total. The van der Waals surface area contributed by atoms with Crippen LogP contribution in [-0.4, -0.2) is 17.1 Å². The van der Waals surface area contributed by atoms with Gasteiger partial charge in [0.05, 0.1) is 12.8 Å². The summed E-state index contributed by atoms with van der Waals surface area (Å²) in [6.45, 7) is 4.02.